The van der Waals surface area contributed by atoms with Crippen molar-refractivity contribution in [3.63, 3.8) is 0 Å². The van der Waals surface area contributed by atoms with E-state index in [-0.39, 0.29) is 6.03 Å². The Morgan fingerprint density at radius 2 is 1.85 bits per heavy atom. The van der Waals surface area contributed by atoms with Crippen LogP contribution in [0.3, 0.4) is 0 Å². The van der Waals surface area contributed by atoms with Gasteiger partial charge >= 0.3 is 12.0 Å². The van der Waals surface area contributed by atoms with E-state index >= 15 is 0 Å². The summed E-state index contributed by atoms with van der Waals surface area (Å²) in [6.45, 7) is 2.87. The molecule has 5 nitrogen and oxygen atoms in total. The van der Waals surface area contributed by atoms with Gasteiger partial charge in [-0.15, -0.1) is 0 Å². The summed E-state index contributed by atoms with van der Waals surface area (Å²) < 4.78 is 0. The van der Waals surface area contributed by atoms with Crippen LogP contribution in [0, 0.1) is 11.8 Å². The van der Waals surface area contributed by atoms with Crippen molar-refractivity contribution in [2.45, 2.75) is 57.4 Å². The fourth-order valence-electron chi connectivity index (χ4n) is 3.09. The Hall–Kier alpha value is -1.26. The Bertz CT molecular complexity index is 371. The number of carbonyl (C=O) groups excluding carboxylic acids is 1. The van der Waals surface area contributed by atoms with Crippen LogP contribution in [0.2, 0.25) is 0 Å². The zero-order valence-electron chi connectivity index (χ0n) is 12.5. The van der Waals surface area contributed by atoms with Gasteiger partial charge < -0.3 is 15.3 Å². The number of amides is 2. The highest BCUT2D eigenvalue weighted by Crippen LogP contribution is 2.32. The number of rotatable bonds is 4. The summed E-state index contributed by atoms with van der Waals surface area (Å²) in [6.07, 6.45) is 6.40. The zero-order valence-corrected chi connectivity index (χ0v) is 12.5. The van der Waals surface area contributed by atoms with Crippen LogP contribution in [0.4, 0.5) is 4.79 Å². The van der Waals surface area contributed by atoms with E-state index in [0.29, 0.717) is 24.7 Å². The van der Waals surface area contributed by atoms with Gasteiger partial charge in [0.25, 0.3) is 0 Å². The van der Waals surface area contributed by atoms with E-state index in [4.69, 9.17) is 0 Å². The molecule has 20 heavy (non-hydrogen) atoms. The van der Waals surface area contributed by atoms with E-state index < -0.39 is 11.5 Å². The second kappa shape index (κ2) is 6.02. The van der Waals surface area contributed by atoms with Gasteiger partial charge in [-0.3, -0.25) is 0 Å². The molecule has 0 aromatic heterocycles. The highest BCUT2D eigenvalue weighted by atomic mass is 16.4. The molecule has 2 aliphatic rings. The molecule has 0 aliphatic heterocycles. The first kappa shape index (κ1) is 15.1. The summed E-state index contributed by atoms with van der Waals surface area (Å²) in [5, 5.41) is 12.3. The van der Waals surface area contributed by atoms with E-state index in [2.05, 4.69) is 12.2 Å². The molecule has 2 rings (SSSR count). The van der Waals surface area contributed by atoms with Gasteiger partial charge in [-0.1, -0.05) is 13.3 Å². The van der Waals surface area contributed by atoms with Crippen LogP contribution in [0.5, 0.6) is 0 Å². The lowest BCUT2D eigenvalue weighted by Gasteiger charge is -2.38. The van der Waals surface area contributed by atoms with Gasteiger partial charge in [0, 0.05) is 13.6 Å². The topological polar surface area (TPSA) is 69.6 Å². The lowest BCUT2D eigenvalue weighted by atomic mass is 9.77. The maximum Gasteiger partial charge on any atom is 0.329 e. The van der Waals surface area contributed by atoms with Gasteiger partial charge in [-0.2, -0.15) is 0 Å². The highest BCUT2D eigenvalue weighted by molar-refractivity contribution is 5.86. The lowest BCUT2D eigenvalue weighted by Crippen LogP contribution is -2.59. The average Bonchev–Trinajstić information content (AvgIpc) is 2.36. The number of carbonyl (C=O) groups is 2. The zero-order chi connectivity index (χ0) is 14.8. The smallest absolute Gasteiger partial charge is 0.329 e. The molecule has 0 spiro atoms. The first-order valence-corrected chi connectivity index (χ1v) is 7.69. The summed E-state index contributed by atoms with van der Waals surface area (Å²) in [5.74, 6) is 0.250. The van der Waals surface area contributed by atoms with Crippen molar-refractivity contribution in [3.05, 3.63) is 0 Å². The fraction of sp³-hybridized carbons (Fsp3) is 0.867. The summed E-state index contributed by atoms with van der Waals surface area (Å²) in [4.78, 5) is 25.5. The van der Waals surface area contributed by atoms with E-state index in [1.54, 1.807) is 11.9 Å². The van der Waals surface area contributed by atoms with Gasteiger partial charge in [0.15, 0.2) is 0 Å². The molecule has 0 heterocycles. The molecule has 2 saturated carbocycles. The normalized spacial score (nSPS) is 30.4. The molecule has 5 heteroatoms. The minimum Gasteiger partial charge on any atom is -0.480 e. The number of urea groups is 1. The number of nitrogens with one attached hydrogen (secondary N) is 1. The quantitative estimate of drug-likeness (QED) is 0.832. The van der Waals surface area contributed by atoms with Gasteiger partial charge in [0.05, 0.1) is 0 Å². The Labute approximate surface area is 120 Å². The minimum atomic E-state index is -1.06. The van der Waals surface area contributed by atoms with Crippen molar-refractivity contribution in [2.24, 2.45) is 11.8 Å². The number of carboxylic acids is 1. The van der Waals surface area contributed by atoms with Crippen molar-refractivity contribution in [1.29, 1.82) is 0 Å². The largest absolute Gasteiger partial charge is 0.480 e. The van der Waals surface area contributed by atoms with Crippen LogP contribution < -0.4 is 5.32 Å². The van der Waals surface area contributed by atoms with E-state index in [9.17, 15) is 14.7 Å². The third kappa shape index (κ3) is 3.25. The molecule has 0 atom stereocenters. The molecule has 0 aromatic rings. The molecule has 0 bridgehead atoms. The van der Waals surface area contributed by atoms with Crippen molar-refractivity contribution >= 4 is 12.0 Å². The first-order chi connectivity index (χ1) is 9.43. The summed E-state index contributed by atoms with van der Waals surface area (Å²) in [5.41, 5.74) is -1.06. The Kier molecular flexibility index (Phi) is 4.55. The van der Waals surface area contributed by atoms with E-state index in [1.807, 2.05) is 0 Å². The van der Waals surface area contributed by atoms with Crippen LogP contribution in [0.25, 0.3) is 0 Å². The molecule has 0 unspecified atom stereocenters. The number of hydrogen-bond donors (Lipinski definition) is 2. The standard InChI is InChI=1S/C15H26N2O3/c1-11-6-8-15(9-7-11,13(18)19)16-14(20)17(2)10-12-4-3-5-12/h11-12H,3-10H2,1-2H3,(H,16,20)(H,18,19). The third-order valence-corrected chi connectivity index (χ3v) is 4.99. The van der Waals surface area contributed by atoms with Crippen LogP contribution in [-0.4, -0.2) is 41.1 Å². The lowest BCUT2D eigenvalue weighted by molar-refractivity contribution is -0.146. The number of nitrogens with zero attached hydrogens (tertiary/aromatic N) is 1. The first-order valence-electron chi connectivity index (χ1n) is 7.69. The van der Waals surface area contributed by atoms with E-state index in [0.717, 1.165) is 19.4 Å². The second-order valence-electron chi connectivity index (χ2n) is 6.68. The van der Waals surface area contributed by atoms with Crippen LogP contribution in [0.15, 0.2) is 0 Å². The predicted molar refractivity (Wildman–Crippen MR) is 76.5 cm³/mol. The summed E-state index contributed by atoms with van der Waals surface area (Å²) >= 11 is 0. The molecule has 2 fully saturated rings. The highest BCUT2D eigenvalue weighted by Gasteiger charge is 2.43. The van der Waals surface area contributed by atoms with Crippen molar-refractivity contribution in [3.8, 4) is 0 Å². The molecular formula is C15H26N2O3. The number of hydrogen-bond acceptors (Lipinski definition) is 2. The molecule has 0 aromatic carbocycles. The Morgan fingerprint density at radius 1 is 1.25 bits per heavy atom. The number of aliphatic carboxylic acids is 1. The summed E-state index contributed by atoms with van der Waals surface area (Å²) in [7, 11) is 1.76. The average molecular weight is 282 g/mol. The van der Waals surface area contributed by atoms with Crippen LogP contribution in [0.1, 0.15) is 51.9 Å². The molecule has 2 amide bonds. The van der Waals surface area contributed by atoms with Gasteiger partial charge in [-0.05, 0) is 50.4 Å². The van der Waals surface area contributed by atoms with Gasteiger partial charge in [-0.25, -0.2) is 9.59 Å². The maximum absolute atomic E-state index is 12.2. The predicted octanol–water partition coefficient (Wildman–Crippen LogP) is 2.46. The van der Waals surface area contributed by atoms with Crippen molar-refractivity contribution < 1.29 is 14.7 Å². The van der Waals surface area contributed by atoms with Crippen LogP contribution in [-0.2, 0) is 4.79 Å². The fourth-order valence-corrected chi connectivity index (χ4v) is 3.09. The monoisotopic (exact) mass is 282 g/mol. The number of carboxylic acid groups (broad SMARTS) is 1. The maximum atomic E-state index is 12.2. The summed E-state index contributed by atoms with van der Waals surface area (Å²) in [6, 6.07) is -0.242. The van der Waals surface area contributed by atoms with E-state index in [1.165, 1.54) is 19.3 Å². The van der Waals surface area contributed by atoms with Gasteiger partial charge in [0.1, 0.15) is 5.54 Å². The molecule has 114 valence electrons. The van der Waals surface area contributed by atoms with Crippen LogP contribution >= 0.6 is 0 Å². The molecule has 0 radical (unpaired) electrons. The van der Waals surface area contributed by atoms with Crippen molar-refractivity contribution in [2.75, 3.05) is 13.6 Å². The van der Waals surface area contributed by atoms with Crippen molar-refractivity contribution in [1.82, 2.24) is 10.2 Å². The third-order valence-electron chi connectivity index (χ3n) is 4.99. The molecule has 2 N–H and O–H groups in total. The van der Waals surface area contributed by atoms with Gasteiger partial charge in [0.2, 0.25) is 0 Å². The Morgan fingerprint density at radius 3 is 2.30 bits per heavy atom. The second-order valence-corrected chi connectivity index (χ2v) is 6.68. The minimum absolute atomic E-state index is 0.242. The SMILES string of the molecule is CC1CCC(NC(=O)N(C)CC2CCC2)(C(=O)O)CC1. The molecule has 2 aliphatic carbocycles. The molecule has 0 saturated heterocycles. The molecular weight excluding hydrogens is 256 g/mol. The Balaban J connectivity index is 1.93.